The van der Waals surface area contributed by atoms with Crippen molar-refractivity contribution in [1.29, 1.82) is 0 Å². The third-order valence-electron chi connectivity index (χ3n) is 2.82. The molecule has 0 saturated heterocycles. The first-order valence-electron chi connectivity index (χ1n) is 6.73. The number of hydrogen-bond acceptors (Lipinski definition) is 3. The molecule has 0 aliphatic rings. The smallest absolute Gasteiger partial charge is 0.264 e. The number of ether oxygens (including phenoxy) is 1. The van der Waals surface area contributed by atoms with Crippen molar-refractivity contribution in [2.75, 3.05) is 6.61 Å². The Labute approximate surface area is 128 Å². The summed E-state index contributed by atoms with van der Waals surface area (Å²) in [4.78, 5) is 19.6. The minimum atomic E-state index is -0.150. The van der Waals surface area contributed by atoms with Gasteiger partial charge in [-0.05, 0) is 35.9 Å². The second-order valence-electron chi connectivity index (χ2n) is 5.60. The molecule has 19 heavy (non-hydrogen) atoms. The Morgan fingerprint density at radius 1 is 1.37 bits per heavy atom. The number of nitrogens with one attached hydrogen (secondary N) is 1. The van der Waals surface area contributed by atoms with Crippen molar-refractivity contribution in [3.8, 4) is 0 Å². The Hall–Kier alpha value is -0.430. The Balaban J connectivity index is 3.29. The Morgan fingerprint density at radius 3 is 2.47 bits per heavy atom. The van der Waals surface area contributed by atoms with Gasteiger partial charge in [0.1, 0.15) is 15.5 Å². The van der Waals surface area contributed by atoms with Crippen molar-refractivity contribution in [3.63, 3.8) is 0 Å². The number of rotatable bonds is 5. The SMILES string of the molecule is CCCC(OCC)c1nc(C(C)(C)C)c(I)c(=O)[nH]1. The van der Waals surface area contributed by atoms with E-state index in [1.807, 2.05) is 6.92 Å². The monoisotopic (exact) mass is 378 g/mol. The Kier molecular flexibility index (Phi) is 5.98. The zero-order valence-electron chi connectivity index (χ0n) is 12.3. The molecule has 1 heterocycles. The van der Waals surface area contributed by atoms with Crippen LogP contribution in [0.25, 0.3) is 0 Å². The first-order valence-corrected chi connectivity index (χ1v) is 7.80. The fraction of sp³-hybridized carbons (Fsp3) is 0.714. The van der Waals surface area contributed by atoms with Gasteiger partial charge in [0.25, 0.3) is 5.56 Å². The summed E-state index contributed by atoms with van der Waals surface area (Å²) in [5.41, 5.74) is 0.617. The molecule has 1 aromatic rings. The lowest BCUT2D eigenvalue weighted by Crippen LogP contribution is -2.27. The molecule has 1 unspecified atom stereocenters. The van der Waals surface area contributed by atoms with Crippen LogP contribution in [0, 0.1) is 3.57 Å². The van der Waals surface area contributed by atoms with Crippen molar-refractivity contribution in [3.05, 3.63) is 25.4 Å². The number of aromatic nitrogens is 2. The lowest BCUT2D eigenvalue weighted by molar-refractivity contribution is 0.0488. The number of halogens is 1. The maximum atomic E-state index is 12.1. The molecule has 1 aromatic heterocycles. The summed E-state index contributed by atoms with van der Waals surface area (Å²) in [6.07, 6.45) is 1.73. The molecule has 0 radical (unpaired) electrons. The van der Waals surface area contributed by atoms with Crippen molar-refractivity contribution in [2.24, 2.45) is 0 Å². The third kappa shape index (κ3) is 4.27. The molecule has 0 fully saturated rings. The minimum Gasteiger partial charge on any atom is -0.371 e. The van der Waals surface area contributed by atoms with Gasteiger partial charge >= 0.3 is 0 Å². The summed E-state index contributed by atoms with van der Waals surface area (Å²) < 4.78 is 6.36. The van der Waals surface area contributed by atoms with Gasteiger partial charge in [-0.1, -0.05) is 34.1 Å². The van der Waals surface area contributed by atoms with E-state index in [1.165, 1.54) is 0 Å². The Morgan fingerprint density at radius 2 is 2.00 bits per heavy atom. The second-order valence-corrected chi connectivity index (χ2v) is 6.68. The van der Waals surface area contributed by atoms with Crippen molar-refractivity contribution in [2.45, 2.75) is 59.0 Å². The average Bonchev–Trinajstić information content (AvgIpc) is 2.30. The van der Waals surface area contributed by atoms with Crippen LogP contribution in [-0.4, -0.2) is 16.6 Å². The van der Waals surface area contributed by atoms with Crippen LogP contribution in [0.4, 0.5) is 0 Å². The minimum absolute atomic E-state index is 0.0728. The summed E-state index contributed by atoms with van der Waals surface area (Å²) in [7, 11) is 0. The molecule has 5 heteroatoms. The second kappa shape index (κ2) is 6.83. The van der Waals surface area contributed by atoms with Crippen LogP contribution in [0.5, 0.6) is 0 Å². The molecule has 0 saturated carbocycles. The van der Waals surface area contributed by atoms with E-state index in [0.717, 1.165) is 18.5 Å². The number of hydrogen-bond donors (Lipinski definition) is 1. The quantitative estimate of drug-likeness (QED) is 0.798. The van der Waals surface area contributed by atoms with E-state index in [9.17, 15) is 4.79 Å². The average molecular weight is 378 g/mol. The van der Waals surface area contributed by atoms with Crippen molar-refractivity contribution in [1.82, 2.24) is 9.97 Å². The predicted octanol–water partition coefficient (Wildman–Crippen LogP) is 3.55. The maximum Gasteiger partial charge on any atom is 0.264 e. The highest BCUT2D eigenvalue weighted by molar-refractivity contribution is 14.1. The number of H-pyrrole nitrogens is 1. The van der Waals surface area contributed by atoms with Gasteiger partial charge in [-0.2, -0.15) is 0 Å². The molecule has 4 nitrogen and oxygen atoms in total. The van der Waals surface area contributed by atoms with Gasteiger partial charge in [0, 0.05) is 12.0 Å². The molecule has 108 valence electrons. The number of aromatic amines is 1. The highest BCUT2D eigenvalue weighted by Gasteiger charge is 2.24. The highest BCUT2D eigenvalue weighted by atomic mass is 127. The van der Waals surface area contributed by atoms with Crippen LogP contribution < -0.4 is 5.56 Å². The van der Waals surface area contributed by atoms with E-state index < -0.39 is 0 Å². The molecule has 0 spiro atoms. The van der Waals surface area contributed by atoms with E-state index in [4.69, 9.17) is 4.74 Å². The largest absolute Gasteiger partial charge is 0.371 e. The molecule has 1 atom stereocenters. The van der Waals surface area contributed by atoms with Gasteiger partial charge in [-0.15, -0.1) is 0 Å². The van der Waals surface area contributed by atoms with Crippen LogP contribution >= 0.6 is 22.6 Å². The molecule has 0 aromatic carbocycles. The van der Waals surface area contributed by atoms with Gasteiger partial charge in [-0.25, -0.2) is 4.98 Å². The molecule has 0 aliphatic heterocycles. The lowest BCUT2D eigenvalue weighted by Gasteiger charge is -2.22. The summed E-state index contributed by atoms with van der Waals surface area (Å²) in [6.45, 7) is 10.9. The fourth-order valence-corrected chi connectivity index (χ4v) is 2.95. The third-order valence-corrected chi connectivity index (χ3v) is 3.82. The van der Waals surface area contributed by atoms with Gasteiger partial charge in [-0.3, -0.25) is 4.79 Å². The van der Waals surface area contributed by atoms with Crippen LogP contribution in [0.15, 0.2) is 4.79 Å². The summed E-state index contributed by atoms with van der Waals surface area (Å²) in [5, 5.41) is 0. The zero-order valence-corrected chi connectivity index (χ0v) is 14.5. The van der Waals surface area contributed by atoms with Gasteiger partial charge in [0.15, 0.2) is 0 Å². The maximum absolute atomic E-state index is 12.1. The van der Waals surface area contributed by atoms with Crippen LogP contribution in [0.2, 0.25) is 0 Å². The molecule has 0 bridgehead atoms. The summed E-state index contributed by atoms with van der Waals surface area (Å²) in [6, 6.07) is 0. The standard InChI is InChI=1S/C14H23IN2O2/c1-6-8-9(19-7-2)12-16-11(14(3,4)5)10(15)13(18)17-12/h9H,6-8H2,1-5H3,(H,16,17,18). The van der Waals surface area contributed by atoms with E-state index in [0.29, 0.717) is 16.0 Å². The van der Waals surface area contributed by atoms with E-state index in [1.54, 1.807) is 0 Å². The highest BCUT2D eigenvalue weighted by Crippen LogP contribution is 2.26. The molecule has 1 N–H and O–H groups in total. The zero-order chi connectivity index (χ0) is 14.6. The topological polar surface area (TPSA) is 55.0 Å². The summed E-state index contributed by atoms with van der Waals surface area (Å²) in [5.74, 6) is 0.652. The van der Waals surface area contributed by atoms with Crippen LogP contribution in [0.1, 0.15) is 65.1 Å². The van der Waals surface area contributed by atoms with Crippen LogP contribution in [0.3, 0.4) is 0 Å². The Bertz CT molecular complexity index is 471. The van der Waals surface area contributed by atoms with E-state index >= 15 is 0 Å². The predicted molar refractivity (Wildman–Crippen MR) is 85.5 cm³/mol. The van der Waals surface area contributed by atoms with Gasteiger partial charge in [0.05, 0.1) is 5.69 Å². The summed E-state index contributed by atoms with van der Waals surface area (Å²) >= 11 is 2.07. The van der Waals surface area contributed by atoms with Crippen LogP contribution in [-0.2, 0) is 10.2 Å². The molecular formula is C14H23IN2O2. The van der Waals surface area contributed by atoms with Gasteiger partial charge < -0.3 is 9.72 Å². The van der Waals surface area contributed by atoms with Crippen molar-refractivity contribution < 1.29 is 4.74 Å². The normalized spacial score (nSPS) is 13.6. The first kappa shape index (κ1) is 16.6. The molecule has 0 amide bonds. The number of nitrogens with zero attached hydrogens (tertiary/aromatic N) is 1. The van der Waals surface area contributed by atoms with E-state index in [2.05, 4.69) is 60.3 Å². The first-order chi connectivity index (χ1) is 8.81. The fourth-order valence-electron chi connectivity index (χ4n) is 1.89. The van der Waals surface area contributed by atoms with Crippen molar-refractivity contribution >= 4 is 22.6 Å². The lowest BCUT2D eigenvalue weighted by atomic mass is 9.92. The van der Waals surface area contributed by atoms with E-state index in [-0.39, 0.29) is 17.1 Å². The molecular weight excluding hydrogens is 355 g/mol. The van der Waals surface area contributed by atoms with Gasteiger partial charge in [0.2, 0.25) is 0 Å². The molecule has 0 aliphatic carbocycles. The molecule has 1 rings (SSSR count).